The number of unbranched alkanes of at least 4 members (excludes halogenated alkanes) is 1. The lowest BCUT2D eigenvalue weighted by Crippen LogP contribution is -2.45. The van der Waals surface area contributed by atoms with Crippen LogP contribution in [0.2, 0.25) is 0 Å². The Hall–Kier alpha value is -1.02. The first-order valence-electron chi connectivity index (χ1n) is 6.70. The largest absolute Gasteiger partial charge is 0.378 e. The van der Waals surface area contributed by atoms with Crippen LogP contribution < -0.4 is 11.1 Å². The molecule has 1 aromatic carbocycles. The van der Waals surface area contributed by atoms with Crippen LogP contribution in [0.3, 0.4) is 0 Å². The Bertz CT molecular complexity index is 312. The number of rotatable bonds is 7. The van der Waals surface area contributed by atoms with Gasteiger partial charge in [-0.3, -0.25) is 0 Å². The molecule has 1 unspecified atom stereocenters. The van der Waals surface area contributed by atoms with Crippen LogP contribution in [0.1, 0.15) is 45.1 Å². The highest BCUT2D eigenvalue weighted by Crippen LogP contribution is 2.23. The van der Waals surface area contributed by atoms with Gasteiger partial charge in [-0.2, -0.15) is 0 Å². The van der Waals surface area contributed by atoms with Gasteiger partial charge in [-0.1, -0.05) is 44.4 Å². The Labute approximate surface area is 106 Å². The standard InChI is InChI=1S/C15H26N2/c1-4-6-11-15(5-2,12-16)17-14-9-7-13(3)8-10-14/h7-10,17H,4-6,11-12,16H2,1-3H3. The maximum absolute atomic E-state index is 5.97. The van der Waals surface area contributed by atoms with Gasteiger partial charge in [0.1, 0.15) is 0 Å². The molecular weight excluding hydrogens is 208 g/mol. The summed E-state index contributed by atoms with van der Waals surface area (Å²) in [7, 11) is 0. The van der Waals surface area contributed by atoms with Gasteiger partial charge < -0.3 is 11.1 Å². The third kappa shape index (κ3) is 4.04. The molecule has 2 heteroatoms. The minimum Gasteiger partial charge on any atom is -0.378 e. The molecule has 96 valence electrons. The lowest BCUT2D eigenvalue weighted by Gasteiger charge is -2.34. The summed E-state index contributed by atoms with van der Waals surface area (Å²) < 4.78 is 0. The third-order valence-corrected chi connectivity index (χ3v) is 3.54. The summed E-state index contributed by atoms with van der Waals surface area (Å²) in [5, 5.41) is 3.63. The van der Waals surface area contributed by atoms with Crippen molar-refractivity contribution in [3.8, 4) is 0 Å². The van der Waals surface area contributed by atoms with E-state index in [2.05, 4.69) is 50.4 Å². The number of aryl methyl sites for hydroxylation is 1. The van der Waals surface area contributed by atoms with E-state index in [0.29, 0.717) is 6.54 Å². The van der Waals surface area contributed by atoms with E-state index in [1.165, 1.54) is 24.1 Å². The zero-order valence-electron chi connectivity index (χ0n) is 11.4. The third-order valence-electron chi connectivity index (χ3n) is 3.54. The van der Waals surface area contributed by atoms with E-state index in [9.17, 15) is 0 Å². The van der Waals surface area contributed by atoms with Crippen LogP contribution >= 0.6 is 0 Å². The Kier molecular flexibility index (Phi) is 5.49. The Morgan fingerprint density at radius 3 is 2.29 bits per heavy atom. The number of benzene rings is 1. The molecule has 0 amide bonds. The van der Waals surface area contributed by atoms with Crippen molar-refractivity contribution in [3.05, 3.63) is 29.8 Å². The first-order chi connectivity index (χ1) is 8.15. The van der Waals surface area contributed by atoms with Crippen molar-refractivity contribution in [2.45, 2.75) is 52.0 Å². The summed E-state index contributed by atoms with van der Waals surface area (Å²) in [5.74, 6) is 0. The van der Waals surface area contributed by atoms with E-state index in [0.717, 1.165) is 12.8 Å². The summed E-state index contributed by atoms with van der Waals surface area (Å²) in [4.78, 5) is 0. The molecule has 0 radical (unpaired) electrons. The molecule has 0 aliphatic rings. The van der Waals surface area contributed by atoms with Gasteiger partial charge in [0.05, 0.1) is 0 Å². The maximum atomic E-state index is 5.97. The van der Waals surface area contributed by atoms with Gasteiger partial charge >= 0.3 is 0 Å². The summed E-state index contributed by atoms with van der Waals surface area (Å²) in [6.45, 7) is 7.24. The molecular formula is C15H26N2. The molecule has 1 aromatic rings. The lowest BCUT2D eigenvalue weighted by atomic mass is 9.89. The predicted molar refractivity (Wildman–Crippen MR) is 76.4 cm³/mol. The van der Waals surface area contributed by atoms with Gasteiger partial charge in [0.25, 0.3) is 0 Å². The van der Waals surface area contributed by atoms with Crippen LogP contribution in [0.4, 0.5) is 5.69 Å². The Morgan fingerprint density at radius 2 is 1.82 bits per heavy atom. The first-order valence-corrected chi connectivity index (χ1v) is 6.70. The van der Waals surface area contributed by atoms with Crippen LogP contribution in [0.25, 0.3) is 0 Å². The first kappa shape index (κ1) is 14.0. The molecule has 0 saturated heterocycles. The van der Waals surface area contributed by atoms with E-state index < -0.39 is 0 Å². The van der Waals surface area contributed by atoms with Crippen LogP contribution in [0.15, 0.2) is 24.3 Å². The Morgan fingerprint density at radius 1 is 1.18 bits per heavy atom. The summed E-state index contributed by atoms with van der Waals surface area (Å²) in [6.07, 6.45) is 4.66. The summed E-state index contributed by atoms with van der Waals surface area (Å²) >= 11 is 0. The van der Waals surface area contributed by atoms with Gasteiger partial charge in [0, 0.05) is 17.8 Å². The highest BCUT2D eigenvalue weighted by molar-refractivity contribution is 5.46. The van der Waals surface area contributed by atoms with Crippen LogP contribution in [0.5, 0.6) is 0 Å². The average molecular weight is 234 g/mol. The van der Waals surface area contributed by atoms with E-state index in [1.807, 2.05) is 0 Å². The highest BCUT2D eigenvalue weighted by Gasteiger charge is 2.25. The van der Waals surface area contributed by atoms with Crippen molar-refractivity contribution in [1.82, 2.24) is 0 Å². The van der Waals surface area contributed by atoms with Crippen molar-refractivity contribution in [2.24, 2.45) is 5.73 Å². The molecule has 17 heavy (non-hydrogen) atoms. The van der Waals surface area contributed by atoms with Gasteiger partial charge in [-0.25, -0.2) is 0 Å². The fraction of sp³-hybridized carbons (Fsp3) is 0.600. The fourth-order valence-corrected chi connectivity index (χ4v) is 2.08. The van der Waals surface area contributed by atoms with Crippen molar-refractivity contribution >= 4 is 5.69 Å². The van der Waals surface area contributed by atoms with E-state index >= 15 is 0 Å². The van der Waals surface area contributed by atoms with E-state index in [1.54, 1.807) is 0 Å². The van der Waals surface area contributed by atoms with Crippen molar-refractivity contribution in [2.75, 3.05) is 11.9 Å². The number of hydrogen-bond acceptors (Lipinski definition) is 2. The highest BCUT2D eigenvalue weighted by atomic mass is 15.0. The quantitative estimate of drug-likeness (QED) is 0.755. The minimum absolute atomic E-state index is 0.0608. The van der Waals surface area contributed by atoms with Gasteiger partial charge in [0.15, 0.2) is 0 Å². The molecule has 0 aliphatic carbocycles. The normalized spacial score (nSPS) is 14.4. The fourth-order valence-electron chi connectivity index (χ4n) is 2.08. The molecule has 0 spiro atoms. The molecule has 1 atom stereocenters. The second-order valence-electron chi connectivity index (χ2n) is 4.93. The van der Waals surface area contributed by atoms with Crippen molar-refractivity contribution in [3.63, 3.8) is 0 Å². The monoisotopic (exact) mass is 234 g/mol. The second-order valence-corrected chi connectivity index (χ2v) is 4.93. The molecule has 0 aromatic heterocycles. The summed E-state index contributed by atoms with van der Waals surface area (Å²) in [6, 6.07) is 8.56. The van der Waals surface area contributed by atoms with E-state index in [-0.39, 0.29) is 5.54 Å². The molecule has 0 bridgehead atoms. The molecule has 1 rings (SSSR count). The van der Waals surface area contributed by atoms with Crippen LogP contribution in [0, 0.1) is 6.92 Å². The zero-order valence-corrected chi connectivity index (χ0v) is 11.4. The van der Waals surface area contributed by atoms with Gasteiger partial charge in [-0.05, 0) is 31.9 Å². The molecule has 2 nitrogen and oxygen atoms in total. The van der Waals surface area contributed by atoms with Crippen molar-refractivity contribution in [1.29, 1.82) is 0 Å². The van der Waals surface area contributed by atoms with E-state index in [4.69, 9.17) is 5.73 Å². The van der Waals surface area contributed by atoms with Gasteiger partial charge in [0.2, 0.25) is 0 Å². The second kappa shape index (κ2) is 6.65. The average Bonchev–Trinajstić information content (AvgIpc) is 2.37. The zero-order chi connectivity index (χ0) is 12.7. The maximum Gasteiger partial charge on any atom is 0.0493 e. The molecule has 3 N–H and O–H groups in total. The SMILES string of the molecule is CCCCC(CC)(CN)Nc1ccc(C)cc1. The molecule has 0 aliphatic heterocycles. The smallest absolute Gasteiger partial charge is 0.0493 e. The Balaban J connectivity index is 2.74. The van der Waals surface area contributed by atoms with Crippen LogP contribution in [-0.2, 0) is 0 Å². The summed E-state index contributed by atoms with van der Waals surface area (Å²) in [5.41, 5.74) is 8.51. The van der Waals surface area contributed by atoms with Crippen molar-refractivity contribution < 1.29 is 0 Å². The lowest BCUT2D eigenvalue weighted by molar-refractivity contribution is 0.411. The molecule has 0 fully saturated rings. The molecule has 0 saturated carbocycles. The van der Waals surface area contributed by atoms with Gasteiger partial charge in [-0.15, -0.1) is 0 Å². The number of nitrogens with one attached hydrogen (secondary N) is 1. The number of anilines is 1. The minimum atomic E-state index is 0.0608. The molecule has 0 heterocycles. The number of hydrogen-bond donors (Lipinski definition) is 2. The topological polar surface area (TPSA) is 38.0 Å². The van der Waals surface area contributed by atoms with Crippen LogP contribution in [-0.4, -0.2) is 12.1 Å². The predicted octanol–water partition coefficient (Wildman–Crippen LogP) is 3.70. The number of nitrogens with two attached hydrogens (primary N) is 1.